The summed E-state index contributed by atoms with van der Waals surface area (Å²) in [5.41, 5.74) is 4.63. The molecule has 0 spiro atoms. The smallest absolute Gasteiger partial charge is 0.162 e. The van der Waals surface area contributed by atoms with Gasteiger partial charge in [0.15, 0.2) is 12.7 Å². The predicted molar refractivity (Wildman–Crippen MR) is 131 cm³/mol. The second-order valence-electron chi connectivity index (χ2n) is 8.14. The summed E-state index contributed by atoms with van der Waals surface area (Å²) in [6.45, 7) is 8.80. The third-order valence-corrected chi connectivity index (χ3v) is 4.83. The van der Waals surface area contributed by atoms with E-state index in [1.807, 2.05) is 12.1 Å². The van der Waals surface area contributed by atoms with Crippen molar-refractivity contribution in [3.63, 3.8) is 0 Å². The molecule has 0 aliphatic rings. The van der Waals surface area contributed by atoms with Crippen LogP contribution in [0.1, 0.15) is 11.1 Å². The number of halogens is 2. The fraction of sp³-hybridized carbons (Fsp3) is 0.167. The first-order valence-corrected chi connectivity index (χ1v) is 16.9. The van der Waals surface area contributed by atoms with Gasteiger partial charge in [-0.1, -0.05) is 26.0 Å². The molecule has 0 fully saturated rings. The van der Waals surface area contributed by atoms with Gasteiger partial charge in [0, 0.05) is 11.4 Å². The zero-order chi connectivity index (χ0) is 24.1. The monoisotopic (exact) mass is 612 g/mol. The van der Waals surface area contributed by atoms with Crippen LogP contribution in [0.15, 0.2) is 73.3 Å². The fourth-order valence-electron chi connectivity index (χ4n) is 3.52. The number of aryl methyl sites for hydroxylation is 2. The Morgan fingerprint density at radius 3 is 1.42 bits per heavy atom. The summed E-state index contributed by atoms with van der Waals surface area (Å²) in [6, 6.07) is 20.9. The number of rotatable bonds is 2. The molecular weight excluding hydrogens is 591 g/mol. The molecule has 6 aromatic rings. The van der Waals surface area contributed by atoms with Crippen LogP contribution in [0.4, 0.5) is 0 Å². The average Bonchev–Trinajstić information content (AvgIpc) is 3.58. The van der Waals surface area contributed by atoms with Crippen molar-refractivity contribution in [2.24, 2.45) is 0 Å². The molecule has 6 rings (SSSR count). The summed E-state index contributed by atoms with van der Waals surface area (Å²) in [7, 11) is 0. The number of tetrazole rings is 2. The third kappa shape index (κ3) is 7.74. The Morgan fingerprint density at radius 2 is 1.08 bits per heavy atom. The van der Waals surface area contributed by atoms with Gasteiger partial charge < -0.3 is 24.8 Å². The Kier molecular flexibility index (Phi) is 11.3. The standard InChI is InChI=1S/2C11H9N4.C2H6Si.2ClH.Zr/c2*1-8-4-9-2-3-11(6-10(9)5-8)15-13-7-12-14-15;1-3-2;;;/h2*2-7H,1H3;1-2H3;2*1H;/q2*-1;;;;+2/p-2. The maximum absolute atomic E-state index is 3.99. The summed E-state index contributed by atoms with van der Waals surface area (Å²) in [4.78, 5) is 3.03. The van der Waals surface area contributed by atoms with Gasteiger partial charge >= 0.3 is 41.9 Å². The molecule has 0 amide bonds. The molecule has 2 heterocycles. The number of nitrogens with zero attached hydrogens (tertiary/aromatic N) is 8. The Balaban J connectivity index is 0.000000211. The SMILES string of the molecule is C[Si](C)=[Zr+2].Cc1cc2ccc(-n3ncnn3)cc2[cH-]1.Cc1cc2ccc(-n3ncnn3)cc2[cH-]1.[Cl-].[Cl-]. The first kappa shape index (κ1) is 29.7. The van der Waals surface area contributed by atoms with E-state index in [1.165, 1.54) is 54.9 Å². The molecule has 0 N–H and O–H groups in total. The number of hydrogen-bond donors (Lipinski definition) is 0. The van der Waals surface area contributed by atoms with Crippen LogP contribution in [0.3, 0.4) is 0 Å². The Morgan fingerprint density at radius 1 is 0.694 bits per heavy atom. The van der Waals surface area contributed by atoms with Crippen molar-refractivity contribution in [1.82, 2.24) is 40.4 Å². The van der Waals surface area contributed by atoms with Crippen LogP contribution >= 0.6 is 0 Å². The number of aromatic nitrogens is 8. The molecule has 4 aromatic carbocycles. The number of fused-ring (bicyclic) bond motifs is 2. The zero-order valence-electron chi connectivity index (χ0n) is 20.3. The summed E-state index contributed by atoms with van der Waals surface area (Å²) in [5, 5.41) is 28.0. The molecular formula is C24H24Cl2N8SiZr-2. The molecule has 184 valence electrons. The topological polar surface area (TPSA) is 87.2 Å². The van der Waals surface area contributed by atoms with E-state index in [9.17, 15) is 0 Å². The van der Waals surface area contributed by atoms with E-state index in [1.54, 1.807) is 23.3 Å². The number of benzene rings is 2. The van der Waals surface area contributed by atoms with Crippen LogP contribution in [0.5, 0.6) is 0 Å². The minimum Gasteiger partial charge on any atom is -1.00 e. The van der Waals surface area contributed by atoms with Crippen LogP contribution in [-0.4, -0.2) is 45.8 Å². The molecule has 0 saturated carbocycles. The molecule has 0 aliphatic heterocycles. The van der Waals surface area contributed by atoms with Gasteiger partial charge in [0.05, 0.1) is 0 Å². The maximum Gasteiger partial charge on any atom is 0.162 e. The van der Waals surface area contributed by atoms with Gasteiger partial charge in [0.1, 0.15) is 0 Å². The molecule has 8 nitrogen and oxygen atoms in total. The van der Waals surface area contributed by atoms with Crippen LogP contribution in [-0.2, 0) is 23.3 Å². The summed E-state index contributed by atoms with van der Waals surface area (Å²) >= 11 is 1.74. The maximum atomic E-state index is 3.99. The molecule has 0 bridgehead atoms. The van der Waals surface area contributed by atoms with E-state index in [0.717, 1.165) is 11.4 Å². The molecule has 12 heteroatoms. The molecule has 36 heavy (non-hydrogen) atoms. The predicted octanol–water partition coefficient (Wildman–Crippen LogP) is -1.52. The van der Waals surface area contributed by atoms with Gasteiger partial charge in [-0.25, -0.2) is 0 Å². The Labute approximate surface area is 237 Å². The normalized spacial score (nSPS) is 9.94. The molecule has 0 saturated heterocycles. The first-order valence-electron chi connectivity index (χ1n) is 10.7. The molecule has 0 atom stereocenters. The fourth-order valence-corrected chi connectivity index (χ4v) is 3.52. The minimum absolute atomic E-state index is 0. The minimum atomic E-state index is 0. The Bertz CT molecular complexity index is 1410. The Hall–Kier alpha value is -2.52. The zero-order valence-corrected chi connectivity index (χ0v) is 25.2. The van der Waals surface area contributed by atoms with Gasteiger partial charge in [-0.05, 0) is 10.4 Å². The third-order valence-electron chi connectivity index (χ3n) is 4.83. The average molecular weight is 615 g/mol. The quantitative estimate of drug-likeness (QED) is 0.174. The van der Waals surface area contributed by atoms with Crippen LogP contribution in [0.2, 0.25) is 13.1 Å². The van der Waals surface area contributed by atoms with Gasteiger partial charge in [-0.2, -0.15) is 12.1 Å². The van der Waals surface area contributed by atoms with Crippen molar-refractivity contribution in [3.8, 4) is 11.4 Å². The van der Waals surface area contributed by atoms with E-state index in [4.69, 9.17) is 0 Å². The molecule has 0 radical (unpaired) electrons. The van der Waals surface area contributed by atoms with Gasteiger partial charge in [0.25, 0.3) is 0 Å². The van der Waals surface area contributed by atoms with Crippen molar-refractivity contribution < 1.29 is 48.1 Å². The van der Waals surface area contributed by atoms with Crippen LogP contribution in [0, 0.1) is 13.8 Å². The van der Waals surface area contributed by atoms with E-state index in [0.29, 0.717) is 0 Å². The van der Waals surface area contributed by atoms with E-state index in [-0.39, 0.29) is 30.2 Å². The molecule has 0 unspecified atom stereocenters. The van der Waals surface area contributed by atoms with Crippen molar-refractivity contribution in [2.75, 3.05) is 0 Å². The van der Waals surface area contributed by atoms with E-state index in [2.05, 4.69) is 106 Å². The van der Waals surface area contributed by atoms with Crippen molar-refractivity contribution >= 4 is 27.0 Å². The largest absolute Gasteiger partial charge is 1.00 e. The molecule has 0 aliphatic carbocycles. The van der Waals surface area contributed by atoms with Gasteiger partial charge in [-0.15, -0.1) is 99.1 Å². The van der Waals surface area contributed by atoms with Crippen molar-refractivity contribution in [1.29, 1.82) is 0 Å². The summed E-state index contributed by atoms with van der Waals surface area (Å²) in [6.07, 6.45) is 2.86. The van der Waals surface area contributed by atoms with E-state index < -0.39 is 0 Å². The van der Waals surface area contributed by atoms with E-state index >= 15 is 0 Å². The van der Waals surface area contributed by atoms with Gasteiger partial charge in [0.2, 0.25) is 0 Å². The number of hydrogen-bond acceptors (Lipinski definition) is 6. The second kappa shape index (κ2) is 13.7. The van der Waals surface area contributed by atoms with Crippen LogP contribution in [0.25, 0.3) is 32.9 Å². The molecule has 2 aromatic heterocycles. The summed E-state index contributed by atoms with van der Waals surface area (Å²) in [5.74, 6) is 0. The summed E-state index contributed by atoms with van der Waals surface area (Å²) < 4.78 is 0. The van der Waals surface area contributed by atoms with Crippen molar-refractivity contribution in [3.05, 3.63) is 84.4 Å². The van der Waals surface area contributed by atoms with Crippen LogP contribution < -0.4 is 24.8 Å². The first-order chi connectivity index (χ1) is 16.4. The van der Waals surface area contributed by atoms with Gasteiger partial charge in [-0.3, -0.25) is 0 Å². The second-order valence-corrected chi connectivity index (χ2v) is 17.5. The van der Waals surface area contributed by atoms with Crippen molar-refractivity contribution in [2.45, 2.75) is 26.9 Å².